The molecule has 0 aliphatic heterocycles. The van der Waals surface area contributed by atoms with Gasteiger partial charge in [0.1, 0.15) is 0 Å². The van der Waals surface area contributed by atoms with E-state index in [1.807, 2.05) is 13.8 Å². The van der Waals surface area contributed by atoms with Crippen molar-refractivity contribution < 1.29 is 0 Å². The van der Waals surface area contributed by atoms with Crippen molar-refractivity contribution in [3.63, 3.8) is 0 Å². The molecule has 0 atom stereocenters. The van der Waals surface area contributed by atoms with Crippen molar-refractivity contribution in [1.82, 2.24) is 0 Å². The second kappa shape index (κ2) is 14.8. The molecule has 7 aromatic carbocycles. The van der Waals surface area contributed by atoms with E-state index in [0.717, 1.165) is 55.3 Å². The van der Waals surface area contributed by atoms with Gasteiger partial charge in [-0.2, -0.15) is 5.26 Å². The third kappa shape index (κ3) is 7.28. The molecule has 0 fully saturated rings. The van der Waals surface area contributed by atoms with E-state index in [2.05, 4.69) is 216 Å². The normalized spacial score (nSPS) is 11.2. The largest absolute Gasteiger partial charge is 0.311 e. The molecule has 0 heterocycles. The molecule has 0 N–H and O–H groups in total. The van der Waals surface area contributed by atoms with Crippen LogP contribution in [0.3, 0.4) is 0 Å². The zero-order chi connectivity index (χ0) is 36.2. The molecule has 3 nitrogen and oxygen atoms in total. The van der Waals surface area contributed by atoms with Gasteiger partial charge < -0.3 is 9.80 Å². The lowest BCUT2D eigenvalue weighted by molar-refractivity contribution is 0.687. The maximum Gasteiger partial charge on any atom is 0.0766 e. The quantitative estimate of drug-likeness (QED) is 0.148. The summed E-state index contributed by atoms with van der Waals surface area (Å²) in [6.07, 6.45) is 0. The van der Waals surface area contributed by atoms with Crippen molar-refractivity contribution in [1.29, 1.82) is 5.26 Å². The van der Waals surface area contributed by atoms with Gasteiger partial charge in [0.2, 0.25) is 0 Å². The molecule has 0 saturated carbocycles. The molecule has 7 rings (SSSR count). The van der Waals surface area contributed by atoms with Crippen molar-refractivity contribution in [2.45, 2.75) is 33.1 Å². The minimum Gasteiger partial charge on any atom is -0.311 e. The Morgan fingerprint density at radius 1 is 0.481 bits per heavy atom. The summed E-state index contributed by atoms with van der Waals surface area (Å²) in [5.41, 5.74) is 14.1. The molecule has 0 amide bonds. The van der Waals surface area contributed by atoms with Crippen LogP contribution in [0.15, 0.2) is 174 Å². The van der Waals surface area contributed by atoms with Crippen molar-refractivity contribution in [3.8, 4) is 28.3 Å². The first-order valence-electron chi connectivity index (χ1n) is 17.5. The fourth-order valence-corrected chi connectivity index (χ4v) is 6.92. The van der Waals surface area contributed by atoms with E-state index < -0.39 is 5.41 Å². The van der Waals surface area contributed by atoms with Crippen LogP contribution in [0.2, 0.25) is 0 Å². The Morgan fingerprint density at radius 3 is 1.33 bits per heavy atom. The summed E-state index contributed by atoms with van der Waals surface area (Å²) in [5, 5.41) is 9.67. The van der Waals surface area contributed by atoms with Gasteiger partial charge in [0.05, 0.1) is 11.5 Å². The average Bonchev–Trinajstić information content (AvgIpc) is 3.18. The van der Waals surface area contributed by atoms with Crippen molar-refractivity contribution >= 4 is 50.1 Å². The Labute approximate surface area is 316 Å². The molecule has 0 aromatic heterocycles. The van der Waals surface area contributed by atoms with Crippen molar-refractivity contribution in [2.24, 2.45) is 0 Å². The van der Waals surface area contributed by atoms with Crippen LogP contribution >= 0.6 is 15.9 Å². The minimum atomic E-state index is -0.554. The number of nitriles is 1. The SMILES string of the molecule is Cc1ccc(N(c2ccc(-c3ccccc3)cc2)c2ccc(-c3ccc(N(c4ccc(Br)cc4)c4ccc(C(C)(C)C#N)cc4)cc3)cc2)c(C)c1. The summed E-state index contributed by atoms with van der Waals surface area (Å²) in [5.74, 6) is 0. The fourth-order valence-electron chi connectivity index (χ4n) is 6.65. The molecule has 0 unspecified atom stereocenters. The standard InChI is InChI=1S/C48H40BrN3/c1-34-10-31-47(35(2)32-34)52(45-23-13-37(14-24-45)36-8-6-5-7-9-36)46-25-15-39(16-26-46)38-11-21-42(22-12-38)51(44-29-19-41(49)20-30-44)43-27-17-40(18-28-43)48(3,4)33-50/h5-32H,1-4H3. The number of nitrogens with zero attached hydrogens (tertiary/aromatic N) is 3. The number of halogens is 1. The molecule has 0 bridgehead atoms. The predicted molar refractivity (Wildman–Crippen MR) is 222 cm³/mol. The lowest BCUT2D eigenvalue weighted by Gasteiger charge is -2.28. The van der Waals surface area contributed by atoms with Crippen LogP contribution in [0, 0.1) is 25.2 Å². The van der Waals surface area contributed by atoms with Gasteiger partial charge in [-0.15, -0.1) is 0 Å². The highest BCUT2D eigenvalue weighted by Crippen LogP contribution is 2.40. The van der Waals surface area contributed by atoms with Crippen LogP contribution in [0.4, 0.5) is 34.1 Å². The van der Waals surface area contributed by atoms with Gasteiger partial charge in [0, 0.05) is 38.6 Å². The van der Waals surface area contributed by atoms with Gasteiger partial charge in [0.25, 0.3) is 0 Å². The second-order valence-electron chi connectivity index (χ2n) is 13.7. The molecule has 0 saturated heterocycles. The van der Waals surface area contributed by atoms with Gasteiger partial charge in [0.15, 0.2) is 0 Å². The molecule has 0 aliphatic carbocycles. The Morgan fingerprint density at radius 2 is 0.885 bits per heavy atom. The zero-order valence-electron chi connectivity index (χ0n) is 29.9. The van der Waals surface area contributed by atoms with Gasteiger partial charge in [-0.3, -0.25) is 0 Å². The van der Waals surface area contributed by atoms with Crippen molar-refractivity contribution in [3.05, 3.63) is 191 Å². The lowest BCUT2D eigenvalue weighted by Crippen LogP contribution is -2.14. The third-order valence-corrected chi connectivity index (χ3v) is 10.2. The van der Waals surface area contributed by atoms with Gasteiger partial charge in [-0.05, 0) is 140 Å². The first-order valence-corrected chi connectivity index (χ1v) is 18.3. The third-order valence-electron chi connectivity index (χ3n) is 9.62. The van der Waals surface area contributed by atoms with Crippen LogP contribution in [-0.4, -0.2) is 0 Å². The molecule has 0 spiro atoms. The number of hydrogen-bond acceptors (Lipinski definition) is 3. The Balaban J connectivity index is 1.20. The van der Waals surface area contributed by atoms with Crippen LogP contribution in [0.1, 0.15) is 30.5 Å². The Hall–Kier alpha value is -5.89. The van der Waals surface area contributed by atoms with E-state index in [-0.39, 0.29) is 0 Å². The van der Waals surface area contributed by atoms with E-state index in [1.54, 1.807) is 0 Å². The molecule has 0 radical (unpaired) electrons. The molecule has 4 heteroatoms. The summed E-state index contributed by atoms with van der Waals surface area (Å²) < 4.78 is 1.03. The van der Waals surface area contributed by atoms with Crippen LogP contribution in [0.5, 0.6) is 0 Å². The monoisotopic (exact) mass is 737 g/mol. The average molecular weight is 739 g/mol. The van der Waals surface area contributed by atoms with E-state index in [1.165, 1.54) is 22.3 Å². The van der Waals surface area contributed by atoms with Crippen LogP contribution in [0.25, 0.3) is 22.3 Å². The van der Waals surface area contributed by atoms with E-state index in [4.69, 9.17) is 0 Å². The van der Waals surface area contributed by atoms with E-state index >= 15 is 0 Å². The fraction of sp³-hybridized carbons (Fsp3) is 0.104. The zero-order valence-corrected chi connectivity index (χ0v) is 31.5. The Kier molecular flexibility index (Phi) is 9.81. The minimum absolute atomic E-state index is 0.554. The van der Waals surface area contributed by atoms with E-state index in [0.29, 0.717) is 0 Å². The number of benzene rings is 7. The summed E-state index contributed by atoms with van der Waals surface area (Å²) >= 11 is 3.59. The van der Waals surface area contributed by atoms with Crippen molar-refractivity contribution in [2.75, 3.05) is 9.80 Å². The highest BCUT2D eigenvalue weighted by molar-refractivity contribution is 9.10. The smallest absolute Gasteiger partial charge is 0.0766 e. The van der Waals surface area contributed by atoms with Gasteiger partial charge in [-0.1, -0.05) is 112 Å². The first kappa shape index (κ1) is 34.6. The molecule has 52 heavy (non-hydrogen) atoms. The summed E-state index contributed by atoms with van der Waals surface area (Å²) in [6, 6.07) is 62.6. The predicted octanol–water partition coefficient (Wildman–Crippen LogP) is 14.1. The summed E-state index contributed by atoms with van der Waals surface area (Å²) in [7, 11) is 0. The summed E-state index contributed by atoms with van der Waals surface area (Å²) in [4.78, 5) is 4.59. The van der Waals surface area contributed by atoms with Gasteiger partial charge >= 0.3 is 0 Å². The number of aryl methyl sites for hydroxylation is 2. The lowest BCUT2D eigenvalue weighted by atomic mass is 9.86. The second-order valence-corrected chi connectivity index (χ2v) is 14.6. The summed E-state index contributed by atoms with van der Waals surface area (Å²) in [6.45, 7) is 8.22. The molecule has 254 valence electrons. The van der Waals surface area contributed by atoms with Gasteiger partial charge in [-0.25, -0.2) is 0 Å². The highest BCUT2D eigenvalue weighted by Gasteiger charge is 2.21. The number of hydrogen-bond donors (Lipinski definition) is 0. The first-order chi connectivity index (χ1) is 25.2. The number of anilines is 6. The maximum absolute atomic E-state index is 9.67. The highest BCUT2D eigenvalue weighted by atomic mass is 79.9. The Bertz CT molecular complexity index is 2320. The van der Waals surface area contributed by atoms with Crippen LogP contribution in [-0.2, 0) is 5.41 Å². The molecule has 7 aromatic rings. The molecular formula is C48H40BrN3. The maximum atomic E-state index is 9.67. The van der Waals surface area contributed by atoms with Crippen LogP contribution < -0.4 is 9.80 Å². The molecular weight excluding hydrogens is 698 g/mol. The number of rotatable bonds is 9. The topological polar surface area (TPSA) is 30.3 Å². The van der Waals surface area contributed by atoms with E-state index in [9.17, 15) is 5.26 Å². The molecule has 0 aliphatic rings.